The van der Waals surface area contributed by atoms with Gasteiger partial charge in [0.15, 0.2) is 5.60 Å². The third-order valence-corrected chi connectivity index (χ3v) is 4.89. The summed E-state index contributed by atoms with van der Waals surface area (Å²) in [5.74, 6) is 0.674. The number of carbonyl (C=O) groups excluding carboxylic acids is 1. The predicted molar refractivity (Wildman–Crippen MR) is 70.3 cm³/mol. The van der Waals surface area contributed by atoms with Gasteiger partial charge in [-0.2, -0.15) is 0 Å². The van der Waals surface area contributed by atoms with Crippen LogP contribution in [0, 0.1) is 5.92 Å². The largest absolute Gasteiger partial charge is 0.464 e. The molecule has 2 rings (SSSR count). The Bertz CT molecular complexity index is 315. The molecule has 0 aromatic heterocycles. The fourth-order valence-corrected chi connectivity index (χ4v) is 3.62. The van der Waals surface area contributed by atoms with Crippen molar-refractivity contribution in [1.82, 2.24) is 0 Å². The molecule has 0 radical (unpaired) electrons. The summed E-state index contributed by atoms with van der Waals surface area (Å²) in [6.45, 7) is 6.59. The Balaban J connectivity index is 2.07. The molecular formula is C15H26O3. The Hall–Kier alpha value is -0.570. The summed E-state index contributed by atoms with van der Waals surface area (Å²) < 4.78 is 11.2. The van der Waals surface area contributed by atoms with Crippen molar-refractivity contribution in [3.63, 3.8) is 0 Å². The number of carbonyl (C=O) groups is 1. The summed E-state index contributed by atoms with van der Waals surface area (Å²) in [6.07, 6.45) is 7.69. The number of hydrogen-bond donors (Lipinski definition) is 0. The van der Waals surface area contributed by atoms with E-state index in [0.717, 1.165) is 25.2 Å². The maximum absolute atomic E-state index is 12.1. The molecule has 1 saturated carbocycles. The fraction of sp³-hybridized carbons (Fsp3) is 0.933. The Morgan fingerprint density at radius 1 is 1.28 bits per heavy atom. The van der Waals surface area contributed by atoms with E-state index in [0.29, 0.717) is 6.61 Å². The summed E-state index contributed by atoms with van der Waals surface area (Å²) in [5, 5.41) is 0. The van der Waals surface area contributed by atoms with Crippen LogP contribution in [0.15, 0.2) is 0 Å². The van der Waals surface area contributed by atoms with Crippen LogP contribution in [0.4, 0.5) is 0 Å². The van der Waals surface area contributed by atoms with Gasteiger partial charge in [0.25, 0.3) is 0 Å². The van der Waals surface area contributed by atoms with Crippen molar-refractivity contribution in [2.24, 2.45) is 5.92 Å². The molecule has 18 heavy (non-hydrogen) atoms. The quantitative estimate of drug-likeness (QED) is 0.569. The molecule has 0 aromatic carbocycles. The molecule has 2 fully saturated rings. The molecule has 104 valence electrons. The first kappa shape index (κ1) is 13.9. The lowest BCUT2D eigenvalue weighted by molar-refractivity contribution is -0.149. The van der Waals surface area contributed by atoms with Crippen LogP contribution in [-0.4, -0.2) is 23.8 Å². The molecule has 3 heteroatoms. The van der Waals surface area contributed by atoms with Crippen LogP contribution in [0.5, 0.6) is 0 Å². The van der Waals surface area contributed by atoms with Crippen LogP contribution in [0.1, 0.15) is 65.7 Å². The zero-order valence-corrected chi connectivity index (χ0v) is 12.0. The predicted octanol–water partition coefficient (Wildman–Crippen LogP) is 3.46. The molecule has 0 aromatic rings. The molecule has 1 saturated heterocycles. The van der Waals surface area contributed by atoms with Gasteiger partial charge in [-0.05, 0) is 38.5 Å². The minimum Gasteiger partial charge on any atom is -0.464 e. The Kier molecular flexibility index (Phi) is 4.00. The van der Waals surface area contributed by atoms with Gasteiger partial charge in [0.05, 0.1) is 6.61 Å². The van der Waals surface area contributed by atoms with E-state index in [1.54, 1.807) is 0 Å². The van der Waals surface area contributed by atoms with E-state index in [1.165, 1.54) is 25.7 Å². The van der Waals surface area contributed by atoms with Crippen LogP contribution < -0.4 is 0 Å². The maximum atomic E-state index is 12.1. The molecule has 0 N–H and O–H groups in total. The zero-order valence-electron chi connectivity index (χ0n) is 12.0. The first-order valence-corrected chi connectivity index (χ1v) is 7.51. The monoisotopic (exact) mass is 254 g/mol. The molecule has 0 amide bonds. The van der Waals surface area contributed by atoms with Crippen LogP contribution in [-0.2, 0) is 14.3 Å². The molecule has 1 aliphatic heterocycles. The third-order valence-electron chi connectivity index (χ3n) is 4.89. The first-order valence-electron chi connectivity index (χ1n) is 7.51. The standard InChI is InChI=1S/C15H26O3/c1-4-12-8-7-10-14(11-9-12)15(5-2,18-14)13(16)17-6-3/h12H,4-11H2,1-3H3. The summed E-state index contributed by atoms with van der Waals surface area (Å²) in [7, 11) is 0. The highest BCUT2D eigenvalue weighted by Gasteiger charge is 2.73. The lowest BCUT2D eigenvalue weighted by Crippen LogP contribution is -2.35. The van der Waals surface area contributed by atoms with E-state index in [-0.39, 0.29) is 11.6 Å². The zero-order chi connectivity index (χ0) is 13.2. The Morgan fingerprint density at radius 2 is 2.06 bits per heavy atom. The average Bonchev–Trinajstić information content (AvgIpc) is 3.08. The molecule has 1 heterocycles. The van der Waals surface area contributed by atoms with E-state index in [1.807, 2.05) is 13.8 Å². The second kappa shape index (κ2) is 5.20. The van der Waals surface area contributed by atoms with Crippen LogP contribution >= 0.6 is 0 Å². The topological polar surface area (TPSA) is 38.8 Å². The van der Waals surface area contributed by atoms with E-state index >= 15 is 0 Å². The average molecular weight is 254 g/mol. The van der Waals surface area contributed by atoms with Gasteiger partial charge in [0.1, 0.15) is 5.60 Å². The van der Waals surface area contributed by atoms with Crippen molar-refractivity contribution in [2.75, 3.05) is 6.61 Å². The second-order valence-electron chi connectivity index (χ2n) is 5.70. The van der Waals surface area contributed by atoms with Gasteiger partial charge in [0.2, 0.25) is 0 Å². The van der Waals surface area contributed by atoms with Crippen molar-refractivity contribution in [2.45, 2.75) is 76.9 Å². The molecule has 1 spiro atoms. The Labute approximate surface area is 110 Å². The van der Waals surface area contributed by atoms with Gasteiger partial charge in [-0.15, -0.1) is 0 Å². The highest BCUT2D eigenvalue weighted by atomic mass is 16.7. The second-order valence-corrected chi connectivity index (χ2v) is 5.70. The molecule has 3 atom stereocenters. The van der Waals surface area contributed by atoms with Crippen molar-refractivity contribution in [3.05, 3.63) is 0 Å². The van der Waals surface area contributed by atoms with Gasteiger partial charge in [-0.25, -0.2) is 4.79 Å². The highest BCUT2D eigenvalue weighted by Crippen LogP contribution is 2.58. The minimum absolute atomic E-state index is 0.137. The van der Waals surface area contributed by atoms with E-state index in [4.69, 9.17) is 9.47 Å². The first-order chi connectivity index (χ1) is 8.64. The summed E-state index contributed by atoms with van der Waals surface area (Å²) in [5.41, 5.74) is -0.816. The maximum Gasteiger partial charge on any atom is 0.341 e. The molecule has 3 nitrogen and oxygen atoms in total. The van der Waals surface area contributed by atoms with Gasteiger partial charge >= 0.3 is 5.97 Å². The third kappa shape index (κ3) is 2.07. The highest BCUT2D eigenvalue weighted by molar-refractivity contribution is 5.84. The van der Waals surface area contributed by atoms with Crippen molar-refractivity contribution in [1.29, 1.82) is 0 Å². The Morgan fingerprint density at radius 3 is 2.67 bits per heavy atom. The smallest absolute Gasteiger partial charge is 0.341 e. The molecule has 1 aliphatic carbocycles. The van der Waals surface area contributed by atoms with Crippen LogP contribution in [0.25, 0.3) is 0 Å². The molecule has 0 bridgehead atoms. The van der Waals surface area contributed by atoms with Crippen molar-refractivity contribution in [3.8, 4) is 0 Å². The number of esters is 1. The van der Waals surface area contributed by atoms with E-state index in [2.05, 4.69) is 6.92 Å². The normalized spacial score (nSPS) is 39.4. The lowest BCUT2D eigenvalue weighted by atomic mass is 9.84. The van der Waals surface area contributed by atoms with Crippen LogP contribution in [0.2, 0.25) is 0 Å². The SMILES string of the molecule is CCOC(=O)C1(CC)OC12CCCC(CC)CC2. The lowest BCUT2D eigenvalue weighted by Gasteiger charge is -2.16. The fourth-order valence-electron chi connectivity index (χ4n) is 3.62. The van der Waals surface area contributed by atoms with Gasteiger partial charge < -0.3 is 9.47 Å². The van der Waals surface area contributed by atoms with Crippen LogP contribution in [0.3, 0.4) is 0 Å². The molecular weight excluding hydrogens is 228 g/mol. The number of rotatable bonds is 4. The summed E-state index contributed by atoms with van der Waals surface area (Å²) >= 11 is 0. The molecule has 3 unspecified atom stereocenters. The number of epoxide rings is 1. The number of hydrogen-bond acceptors (Lipinski definition) is 3. The van der Waals surface area contributed by atoms with E-state index in [9.17, 15) is 4.79 Å². The summed E-state index contributed by atoms with van der Waals surface area (Å²) in [6, 6.07) is 0. The van der Waals surface area contributed by atoms with Crippen molar-refractivity contribution >= 4 is 5.97 Å². The van der Waals surface area contributed by atoms with Gasteiger partial charge in [-0.1, -0.05) is 33.1 Å². The molecule has 2 aliphatic rings. The van der Waals surface area contributed by atoms with Gasteiger partial charge in [0, 0.05) is 0 Å². The van der Waals surface area contributed by atoms with E-state index < -0.39 is 5.60 Å². The number of ether oxygens (including phenoxy) is 2. The van der Waals surface area contributed by atoms with Crippen molar-refractivity contribution < 1.29 is 14.3 Å². The summed E-state index contributed by atoms with van der Waals surface area (Å²) in [4.78, 5) is 12.1. The van der Waals surface area contributed by atoms with Gasteiger partial charge in [-0.3, -0.25) is 0 Å². The minimum atomic E-state index is -0.619.